The van der Waals surface area contributed by atoms with E-state index in [1.54, 1.807) is 0 Å². The number of rotatable bonds is 2. The number of nitrogens with zero attached hydrogens (tertiary/aromatic N) is 1. The Balaban J connectivity index is 0. The first-order valence-corrected chi connectivity index (χ1v) is 2.58. The van der Waals surface area contributed by atoms with E-state index in [4.69, 9.17) is 10.2 Å². The normalized spacial score (nSPS) is 11.3. The highest BCUT2D eigenvalue weighted by Gasteiger charge is 2.10. The maximum Gasteiger partial charge on any atom is 0.202 e. The molecule has 0 aliphatic heterocycles. The second kappa shape index (κ2) is 3.79. The summed E-state index contributed by atoms with van der Waals surface area (Å²) in [5.74, 6) is 0. The van der Waals surface area contributed by atoms with Crippen molar-refractivity contribution in [3.63, 3.8) is 0 Å². The molecular formula is C5H15NO3. The third-order valence-corrected chi connectivity index (χ3v) is 0.711. The molecule has 0 aromatic heterocycles. The fourth-order valence-corrected chi connectivity index (χ4v) is 0.490. The van der Waals surface area contributed by atoms with Crippen LogP contribution in [0.3, 0.4) is 0 Å². The van der Waals surface area contributed by atoms with E-state index in [9.17, 15) is 0 Å². The van der Waals surface area contributed by atoms with Crippen molar-refractivity contribution in [2.24, 2.45) is 0 Å². The van der Waals surface area contributed by atoms with Gasteiger partial charge in [-0.15, -0.1) is 0 Å². The summed E-state index contributed by atoms with van der Waals surface area (Å²) in [5, 5.41) is 16.9. The van der Waals surface area contributed by atoms with E-state index in [1.807, 2.05) is 21.1 Å². The zero-order valence-electron chi connectivity index (χ0n) is 6.07. The second-order valence-electron chi connectivity index (χ2n) is 2.95. The average molecular weight is 137 g/mol. The van der Waals surface area contributed by atoms with E-state index in [2.05, 4.69) is 0 Å². The van der Waals surface area contributed by atoms with Crippen LogP contribution in [0.1, 0.15) is 0 Å². The van der Waals surface area contributed by atoms with Crippen LogP contribution >= 0.6 is 0 Å². The molecule has 0 rings (SSSR count). The monoisotopic (exact) mass is 137 g/mol. The standard InChI is InChI=1S/C5H14NO2.H2O/c1-6(2,3)4-5(7)8;/h5,7-8H,4H2,1-3H3;1H2/q+1;/p-1. The van der Waals surface area contributed by atoms with Crippen LogP contribution in [0, 0.1) is 0 Å². The van der Waals surface area contributed by atoms with Gasteiger partial charge in [-0.2, -0.15) is 0 Å². The number of hydrogen-bond acceptors (Lipinski definition) is 3. The highest BCUT2D eigenvalue weighted by atomic mass is 16.5. The van der Waals surface area contributed by atoms with Crippen molar-refractivity contribution in [3.8, 4) is 0 Å². The van der Waals surface area contributed by atoms with Gasteiger partial charge in [0.15, 0.2) is 0 Å². The first kappa shape index (κ1) is 11.6. The van der Waals surface area contributed by atoms with E-state index >= 15 is 0 Å². The lowest BCUT2D eigenvalue weighted by atomic mass is 10.5. The van der Waals surface area contributed by atoms with Crippen LogP contribution in [0.5, 0.6) is 0 Å². The molecule has 0 unspecified atom stereocenters. The molecular weight excluding hydrogens is 122 g/mol. The molecule has 0 radical (unpaired) electrons. The van der Waals surface area contributed by atoms with Crippen LogP contribution in [-0.4, -0.2) is 54.2 Å². The number of hydrogen-bond donors (Lipinski definition) is 2. The Morgan fingerprint density at radius 2 is 1.56 bits per heavy atom. The topological polar surface area (TPSA) is 70.5 Å². The summed E-state index contributed by atoms with van der Waals surface area (Å²) in [6.45, 7) is 0.375. The molecule has 9 heavy (non-hydrogen) atoms. The molecule has 0 saturated carbocycles. The molecule has 3 N–H and O–H groups in total. The predicted molar refractivity (Wildman–Crippen MR) is 33.1 cm³/mol. The molecule has 0 saturated heterocycles. The summed E-state index contributed by atoms with van der Waals surface area (Å²) >= 11 is 0. The Morgan fingerprint density at radius 1 is 1.22 bits per heavy atom. The molecule has 0 spiro atoms. The third kappa shape index (κ3) is 11.4. The van der Waals surface area contributed by atoms with Crippen molar-refractivity contribution < 1.29 is 20.2 Å². The van der Waals surface area contributed by atoms with Gasteiger partial charge in [0.05, 0.1) is 21.1 Å². The minimum atomic E-state index is -1.19. The van der Waals surface area contributed by atoms with Gasteiger partial charge in [0, 0.05) is 0 Å². The molecule has 0 aliphatic carbocycles. The van der Waals surface area contributed by atoms with Crippen LogP contribution in [0.25, 0.3) is 0 Å². The summed E-state index contributed by atoms with van der Waals surface area (Å²) in [4.78, 5) is 0. The first-order chi connectivity index (χ1) is 3.42. The van der Waals surface area contributed by atoms with Crippen LogP contribution < -0.4 is 0 Å². The third-order valence-electron chi connectivity index (χ3n) is 0.711. The fourth-order valence-electron chi connectivity index (χ4n) is 0.490. The SMILES string of the molecule is C[N+](C)(C)CC(O)O.[OH-]. The average Bonchev–Trinajstić information content (AvgIpc) is 1.21. The quantitative estimate of drug-likeness (QED) is 0.372. The Bertz CT molecular complexity index is 67.1. The molecule has 0 bridgehead atoms. The summed E-state index contributed by atoms with van der Waals surface area (Å²) < 4.78 is 0.581. The highest BCUT2D eigenvalue weighted by Crippen LogP contribution is 1.90. The Labute approximate surface area is 55.2 Å². The fraction of sp³-hybridized carbons (Fsp3) is 1.00. The van der Waals surface area contributed by atoms with Gasteiger partial charge in [0.2, 0.25) is 6.29 Å². The molecule has 58 valence electrons. The smallest absolute Gasteiger partial charge is 0.202 e. The van der Waals surface area contributed by atoms with Crippen LogP contribution in [-0.2, 0) is 0 Å². The molecule has 0 heterocycles. The maximum atomic E-state index is 8.43. The molecule has 0 aromatic carbocycles. The first-order valence-electron chi connectivity index (χ1n) is 2.58. The summed E-state index contributed by atoms with van der Waals surface area (Å²) in [5.41, 5.74) is 0. The molecule has 4 nitrogen and oxygen atoms in total. The Hall–Kier alpha value is -0.160. The van der Waals surface area contributed by atoms with Crippen LogP contribution in [0.15, 0.2) is 0 Å². The molecule has 0 fully saturated rings. The van der Waals surface area contributed by atoms with E-state index in [0.29, 0.717) is 11.0 Å². The van der Waals surface area contributed by atoms with Crippen molar-refractivity contribution in [3.05, 3.63) is 0 Å². The minimum absolute atomic E-state index is 0. The van der Waals surface area contributed by atoms with Crippen molar-refractivity contribution in [1.82, 2.24) is 0 Å². The lowest BCUT2D eigenvalue weighted by molar-refractivity contribution is -0.876. The molecule has 0 aliphatic rings. The van der Waals surface area contributed by atoms with Gasteiger partial charge in [0.1, 0.15) is 6.54 Å². The number of likely N-dealkylation sites (N-methyl/N-ethyl adjacent to an activating group) is 1. The van der Waals surface area contributed by atoms with Gasteiger partial charge >= 0.3 is 0 Å². The zero-order chi connectivity index (χ0) is 6.78. The van der Waals surface area contributed by atoms with E-state index in [-0.39, 0.29) is 5.48 Å². The van der Waals surface area contributed by atoms with E-state index < -0.39 is 6.29 Å². The van der Waals surface area contributed by atoms with Gasteiger partial charge in [0.25, 0.3) is 0 Å². The van der Waals surface area contributed by atoms with Gasteiger partial charge in [-0.1, -0.05) is 0 Å². The van der Waals surface area contributed by atoms with Crippen LogP contribution in [0.4, 0.5) is 0 Å². The Kier molecular flexibility index (Phi) is 4.89. The summed E-state index contributed by atoms with van der Waals surface area (Å²) in [7, 11) is 5.71. The lowest BCUT2D eigenvalue weighted by Crippen LogP contribution is -2.41. The van der Waals surface area contributed by atoms with Crippen LogP contribution in [0.2, 0.25) is 0 Å². The van der Waals surface area contributed by atoms with E-state index in [0.717, 1.165) is 0 Å². The van der Waals surface area contributed by atoms with Gasteiger partial charge < -0.3 is 20.2 Å². The van der Waals surface area contributed by atoms with Gasteiger partial charge in [-0.3, -0.25) is 0 Å². The van der Waals surface area contributed by atoms with Gasteiger partial charge in [-0.25, -0.2) is 0 Å². The number of quaternary nitrogens is 1. The van der Waals surface area contributed by atoms with Crippen molar-refractivity contribution in [1.29, 1.82) is 0 Å². The second-order valence-corrected chi connectivity index (χ2v) is 2.95. The Morgan fingerprint density at radius 3 is 1.56 bits per heavy atom. The van der Waals surface area contributed by atoms with Crippen molar-refractivity contribution >= 4 is 0 Å². The minimum Gasteiger partial charge on any atom is -0.870 e. The molecule has 0 aromatic rings. The number of aliphatic hydroxyl groups is 2. The molecule has 4 heteroatoms. The van der Waals surface area contributed by atoms with Crippen molar-refractivity contribution in [2.75, 3.05) is 27.7 Å². The lowest BCUT2D eigenvalue weighted by Gasteiger charge is -2.24. The zero-order valence-corrected chi connectivity index (χ0v) is 6.07. The largest absolute Gasteiger partial charge is 0.870 e. The summed E-state index contributed by atoms with van der Waals surface area (Å²) in [6.07, 6.45) is -1.19. The number of aliphatic hydroxyl groups excluding tert-OH is 1. The van der Waals surface area contributed by atoms with Gasteiger partial charge in [-0.05, 0) is 0 Å². The van der Waals surface area contributed by atoms with E-state index in [1.165, 1.54) is 0 Å². The highest BCUT2D eigenvalue weighted by molar-refractivity contribution is 4.28. The maximum absolute atomic E-state index is 8.43. The summed E-state index contributed by atoms with van der Waals surface area (Å²) in [6, 6.07) is 0. The molecule has 0 amide bonds. The predicted octanol–water partition coefficient (Wildman–Crippen LogP) is -1.17. The molecule has 0 atom stereocenters. The van der Waals surface area contributed by atoms with Crippen molar-refractivity contribution in [2.45, 2.75) is 6.29 Å².